The van der Waals surface area contributed by atoms with Crippen molar-refractivity contribution in [1.82, 2.24) is 9.97 Å². The molecule has 0 amide bonds. The van der Waals surface area contributed by atoms with Crippen molar-refractivity contribution in [1.29, 1.82) is 0 Å². The second-order valence-corrected chi connectivity index (χ2v) is 4.41. The van der Waals surface area contributed by atoms with E-state index in [0.717, 1.165) is 16.7 Å². The van der Waals surface area contributed by atoms with Crippen molar-refractivity contribution in [3.05, 3.63) is 58.9 Å². The maximum atomic E-state index is 13.1. The zero-order chi connectivity index (χ0) is 13.1. The fourth-order valence-corrected chi connectivity index (χ4v) is 1.73. The summed E-state index contributed by atoms with van der Waals surface area (Å²) in [7, 11) is 0. The minimum absolute atomic E-state index is 0.298. The van der Waals surface area contributed by atoms with E-state index in [1.165, 1.54) is 12.1 Å². The van der Waals surface area contributed by atoms with Crippen LogP contribution < -0.4 is 0 Å². The number of halogens is 1. The number of hydrogen-bond donors (Lipinski definition) is 1. The van der Waals surface area contributed by atoms with Gasteiger partial charge < -0.3 is 5.11 Å². The van der Waals surface area contributed by atoms with Gasteiger partial charge >= 0.3 is 0 Å². The van der Waals surface area contributed by atoms with Gasteiger partial charge in [-0.25, -0.2) is 14.4 Å². The van der Waals surface area contributed by atoms with Crippen LogP contribution in [0.2, 0.25) is 0 Å². The molecule has 1 aromatic heterocycles. The fraction of sp³-hybridized carbons (Fsp3) is 0.286. The van der Waals surface area contributed by atoms with Crippen molar-refractivity contribution >= 4 is 0 Å². The first kappa shape index (κ1) is 12.6. The molecule has 0 radical (unpaired) electrons. The second-order valence-electron chi connectivity index (χ2n) is 4.41. The fourth-order valence-electron chi connectivity index (χ4n) is 1.73. The number of aliphatic hydroxyl groups excluding tert-OH is 1. The monoisotopic (exact) mass is 246 g/mol. The Balaban J connectivity index is 2.18. The van der Waals surface area contributed by atoms with Crippen LogP contribution in [-0.2, 0) is 6.42 Å². The molecule has 2 aromatic rings. The van der Waals surface area contributed by atoms with Gasteiger partial charge in [-0.1, -0.05) is 6.07 Å². The lowest BCUT2D eigenvalue weighted by molar-refractivity contribution is 0.168. The van der Waals surface area contributed by atoms with Crippen molar-refractivity contribution in [2.75, 3.05) is 0 Å². The van der Waals surface area contributed by atoms with E-state index in [9.17, 15) is 9.50 Å². The Morgan fingerprint density at radius 3 is 2.56 bits per heavy atom. The third kappa shape index (κ3) is 2.90. The number of benzene rings is 1. The first-order valence-corrected chi connectivity index (χ1v) is 5.78. The van der Waals surface area contributed by atoms with Gasteiger partial charge in [-0.2, -0.15) is 0 Å². The Morgan fingerprint density at radius 2 is 1.89 bits per heavy atom. The van der Waals surface area contributed by atoms with Gasteiger partial charge in [-0.05, 0) is 42.7 Å². The normalized spacial score (nSPS) is 12.4. The Hall–Kier alpha value is -1.81. The number of aromatic nitrogens is 2. The number of rotatable bonds is 3. The van der Waals surface area contributed by atoms with E-state index < -0.39 is 6.10 Å². The smallest absolute Gasteiger partial charge is 0.157 e. The van der Waals surface area contributed by atoms with E-state index in [-0.39, 0.29) is 5.82 Å². The molecule has 1 N–H and O–H groups in total. The maximum Gasteiger partial charge on any atom is 0.157 e. The molecule has 1 atom stereocenters. The average molecular weight is 246 g/mol. The van der Waals surface area contributed by atoms with Gasteiger partial charge in [0, 0.05) is 18.8 Å². The zero-order valence-corrected chi connectivity index (χ0v) is 10.4. The lowest BCUT2D eigenvalue weighted by Gasteiger charge is -2.11. The lowest BCUT2D eigenvalue weighted by atomic mass is 10.0. The Bertz CT molecular complexity index is 540. The molecule has 0 bridgehead atoms. The Labute approximate surface area is 105 Å². The Kier molecular flexibility index (Phi) is 3.67. The summed E-state index contributed by atoms with van der Waals surface area (Å²) in [6.45, 7) is 3.77. The quantitative estimate of drug-likeness (QED) is 0.905. The number of hydrogen-bond acceptors (Lipinski definition) is 3. The molecular formula is C14H15FN2O. The van der Waals surface area contributed by atoms with Crippen LogP contribution in [0.15, 0.2) is 30.6 Å². The zero-order valence-electron chi connectivity index (χ0n) is 10.4. The maximum absolute atomic E-state index is 13.1. The van der Waals surface area contributed by atoms with Crippen LogP contribution in [0.1, 0.15) is 28.6 Å². The molecule has 0 aliphatic carbocycles. The van der Waals surface area contributed by atoms with Gasteiger partial charge in [0.1, 0.15) is 11.9 Å². The molecule has 1 unspecified atom stereocenters. The predicted molar refractivity (Wildman–Crippen MR) is 66.6 cm³/mol. The Morgan fingerprint density at radius 1 is 1.22 bits per heavy atom. The molecular weight excluding hydrogens is 231 g/mol. The first-order chi connectivity index (χ1) is 8.56. The molecule has 0 spiro atoms. The van der Waals surface area contributed by atoms with Gasteiger partial charge in [-0.3, -0.25) is 0 Å². The SMILES string of the molecule is Cc1cnc(C(O)Cc2cc(F)ccc2C)nc1. The van der Waals surface area contributed by atoms with E-state index in [2.05, 4.69) is 9.97 Å². The van der Waals surface area contributed by atoms with Crippen LogP contribution in [0.3, 0.4) is 0 Å². The van der Waals surface area contributed by atoms with E-state index in [4.69, 9.17) is 0 Å². The number of aryl methyl sites for hydroxylation is 2. The van der Waals surface area contributed by atoms with Crippen LogP contribution in [0.4, 0.5) is 4.39 Å². The minimum atomic E-state index is -0.814. The molecule has 94 valence electrons. The molecule has 1 heterocycles. The molecule has 3 nitrogen and oxygen atoms in total. The minimum Gasteiger partial charge on any atom is -0.385 e. The summed E-state index contributed by atoms with van der Waals surface area (Å²) in [4.78, 5) is 8.14. The van der Waals surface area contributed by atoms with Crippen molar-refractivity contribution in [2.45, 2.75) is 26.4 Å². The van der Waals surface area contributed by atoms with E-state index in [1.54, 1.807) is 18.5 Å². The standard InChI is InChI=1S/C14H15FN2O/c1-9-7-16-14(17-8-9)13(18)6-11-5-12(15)4-3-10(11)2/h3-5,7-8,13,18H,6H2,1-2H3. The summed E-state index contributed by atoms with van der Waals surface area (Å²) in [6.07, 6.45) is 2.81. The largest absolute Gasteiger partial charge is 0.385 e. The molecule has 0 aliphatic heterocycles. The highest BCUT2D eigenvalue weighted by molar-refractivity contribution is 5.27. The molecule has 0 saturated carbocycles. The van der Waals surface area contributed by atoms with Crippen molar-refractivity contribution in [3.63, 3.8) is 0 Å². The summed E-state index contributed by atoms with van der Waals surface area (Å²) in [5.41, 5.74) is 2.65. The highest BCUT2D eigenvalue weighted by atomic mass is 19.1. The van der Waals surface area contributed by atoms with E-state index >= 15 is 0 Å². The van der Waals surface area contributed by atoms with E-state index in [0.29, 0.717) is 12.2 Å². The van der Waals surface area contributed by atoms with Crippen LogP contribution in [0, 0.1) is 19.7 Å². The summed E-state index contributed by atoms with van der Waals surface area (Å²) in [6, 6.07) is 4.55. The highest BCUT2D eigenvalue weighted by Gasteiger charge is 2.13. The van der Waals surface area contributed by atoms with Gasteiger partial charge in [0.15, 0.2) is 5.82 Å². The molecule has 4 heteroatoms. The molecule has 0 saturated heterocycles. The van der Waals surface area contributed by atoms with Crippen LogP contribution >= 0.6 is 0 Å². The molecule has 2 rings (SSSR count). The summed E-state index contributed by atoms with van der Waals surface area (Å²) in [5, 5.41) is 10.0. The second kappa shape index (κ2) is 5.23. The van der Waals surface area contributed by atoms with Gasteiger partial charge in [0.25, 0.3) is 0 Å². The number of aliphatic hydroxyl groups is 1. The topological polar surface area (TPSA) is 46.0 Å². The molecule has 0 aliphatic rings. The van der Waals surface area contributed by atoms with Crippen LogP contribution in [-0.4, -0.2) is 15.1 Å². The van der Waals surface area contributed by atoms with Crippen molar-refractivity contribution in [3.8, 4) is 0 Å². The van der Waals surface area contributed by atoms with Crippen LogP contribution in [0.5, 0.6) is 0 Å². The molecule has 1 aromatic carbocycles. The number of nitrogens with zero attached hydrogens (tertiary/aromatic N) is 2. The molecule has 18 heavy (non-hydrogen) atoms. The first-order valence-electron chi connectivity index (χ1n) is 5.78. The summed E-state index contributed by atoms with van der Waals surface area (Å²) < 4.78 is 13.1. The summed E-state index contributed by atoms with van der Waals surface area (Å²) >= 11 is 0. The van der Waals surface area contributed by atoms with Crippen LogP contribution in [0.25, 0.3) is 0 Å². The van der Waals surface area contributed by atoms with E-state index in [1.807, 2.05) is 13.8 Å². The third-order valence-corrected chi connectivity index (χ3v) is 2.82. The van der Waals surface area contributed by atoms with Gasteiger partial charge in [-0.15, -0.1) is 0 Å². The van der Waals surface area contributed by atoms with Gasteiger partial charge in [0.2, 0.25) is 0 Å². The average Bonchev–Trinajstić information content (AvgIpc) is 2.34. The van der Waals surface area contributed by atoms with Gasteiger partial charge in [0.05, 0.1) is 0 Å². The predicted octanol–water partition coefficient (Wildman–Crippen LogP) is 2.51. The van der Waals surface area contributed by atoms with Crippen molar-refractivity contribution in [2.24, 2.45) is 0 Å². The summed E-state index contributed by atoms with van der Waals surface area (Å²) in [5.74, 6) is 0.0666. The molecule has 0 fully saturated rings. The lowest BCUT2D eigenvalue weighted by Crippen LogP contribution is -2.08. The third-order valence-electron chi connectivity index (χ3n) is 2.82. The van der Waals surface area contributed by atoms with Crippen molar-refractivity contribution < 1.29 is 9.50 Å². The highest BCUT2D eigenvalue weighted by Crippen LogP contribution is 2.18.